The predicted octanol–water partition coefficient (Wildman–Crippen LogP) is -0.557. The summed E-state index contributed by atoms with van der Waals surface area (Å²) in [5, 5.41) is 0. The van der Waals surface area contributed by atoms with Crippen LogP contribution in [0.15, 0.2) is 0 Å². The van der Waals surface area contributed by atoms with E-state index in [1.54, 1.807) is 6.92 Å². The standard InChI is InChI=1S/C3H6O2.CH3NO.H3N/c1-2-5-3-4;2-1-3;/h3H,2H2,1H3;1H,(H2,2,3);1H3. The Morgan fingerprint density at radius 3 is 1.89 bits per heavy atom. The molecule has 0 aromatic rings. The van der Waals surface area contributed by atoms with Gasteiger partial charge in [-0.3, -0.25) is 9.59 Å². The Labute approximate surface area is 53.8 Å². The van der Waals surface area contributed by atoms with Crippen molar-refractivity contribution in [1.82, 2.24) is 6.15 Å². The van der Waals surface area contributed by atoms with Crippen LogP contribution in [0.4, 0.5) is 0 Å². The van der Waals surface area contributed by atoms with Crippen molar-refractivity contribution in [2.24, 2.45) is 5.73 Å². The maximum absolute atomic E-state index is 9.18. The number of nitrogens with two attached hydrogens (primary N) is 1. The molecule has 0 unspecified atom stereocenters. The van der Waals surface area contributed by atoms with Gasteiger partial charge in [0.1, 0.15) is 0 Å². The summed E-state index contributed by atoms with van der Waals surface area (Å²) in [5.41, 5.74) is 4.17. The molecule has 0 aliphatic heterocycles. The number of amides is 1. The lowest BCUT2D eigenvalue weighted by Crippen LogP contribution is -1.82. The first-order valence-electron chi connectivity index (χ1n) is 2.04. The van der Waals surface area contributed by atoms with Gasteiger partial charge in [0, 0.05) is 0 Å². The number of ether oxygens (including phenoxy) is 1. The summed E-state index contributed by atoms with van der Waals surface area (Å²) in [5.74, 6) is 0. The molecule has 0 aliphatic rings. The molecule has 0 aromatic heterocycles. The molecule has 56 valence electrons. The van der Waals surface area contributed by atoms with Crippen LogP contribution in [0.25, 0.3) is 0 Å². The van der Waals surface area contributed by atoms with Crippen molar-refractivity contribution in [3.05, 3.63) is 0 Å². The molecule has 0 bridgehead atoms. The molecule has 0 rings (SSSR count). The Hall–Kier alpha value is -1.10. The number of hydrogen-bond donors (Lipinski definition) is 2. The predicted molar refractivity (Wildman–Crippen MR) is 33.0 cm³/mol. The molecule has 0 fully saturated rings. The van der Waals surface area contributed by atoms with Crippen LogP contribution in [0.1, 0.15) is 6.92 Å². The molecule has 5 nitrogen and oxygen atoms in total. The Kier molecular flexibility index (Phi) is 49.7. The van der Waals surface area contributed by atoms with Crippen molar-refractivity contribution in [3.8, 4) is 0 Å². The van der Waals surface area contributed by atoms with E-state index in [9.17, 15) is 4.79 Å². The highest BCUT2D eigenvalue weighted by Crippen LogP contribution is 1.55. The zero-order chi connectivity index (χ0) is 6.83. The molecule has 0 radical (unpaired) electrons. The molecule has 0 heterocycles. The third-order valence-corrected chi connectivity index (χ3v) is 0.235. The van der Waals surface area contributed by atoms with Crippen LogP contribution in [0.2, 0.25) is 0 Å². The van der Waals surface area contributed by atoms with Crippen molar-refractivity contribution < 1.29 is 14.3 Å². The van der Waals surface area contributed by atoms with Crippen LogP contribution in [-0.2, 0) is 14.3 Å². The van der Waals surface area contributed by atoms with Gasteiger partial charge in [-0.1, -0.05) is 0 Å². The van der Waals surface area contributed by atoms with Gasteiger partial charge in [-0.2, -0.15) is 0 Å². The summed E-state index contributed by atoms with van der Waals surface area (Å²) in [4.78, 5) is 17.8. The van der Waals surface area contributed by atoms with Crippen LogP contribution in [0.5, 0.6) is 0 Å². The van der Waals surface area contributed by atoms with E-state index < -0.39 is 0 Å². The van der Waals surface area contributed by atoms with Crippen molar-refractivity contribution in [1.29, 1.82) is 0 Å². The van der Waals surface area contributed by atoms with Crippen LogP contribution < -0.4 is 11.9 Å². The Balaban J connectivity index is -0.0000000800. The highest BCUT2D eigenvalue weighted by atomic mass is 16.5. The maximum atomic E-state index is 9.18. The smallest absolute Gasteiger partial charge is 0.293 e. The van der Waals surface area contributed by atoms with E-state index in [1.807, 2.05) is 0 Å². The summed E-state index contributed by atoms with van der Waals surface area (Å²) < 4.78 is 4.15. The second-order valence-electron chi connectivity index (χ2n) is 0.688. The average molecular weight is 136 g/mol. The second kappa shape index (κ2) is 28.6. The first-order chi connectivity index (χ1) is 3.83. The third kappa shape index (κ3) is 205. The van der Waals surface area contributed by atoms with Crippen LogP contribution in [0.3, 0.4) is 0 Å². The highest BCUT2D eigenvalue weighted by molar-refractivity contribution is 5.42. The zero-order valence-corrected chi connectivity index (χ0v) is 5.37. The van der Waals surface area contributed by atoms with Gasteiger partial charge in [0.05, 0.1) is 6.61 Å². The Morgan fingerprint density at radius 1 is 1.56 bits per heavy atom. The number of primary amides is 1. The molecule has 5 heteroatoms. The minimum absolute atomic E-state index is 0. The van der Waals surface area contributed by atoms with Gasteiger partial charge < -0.3 is 16.6 Å². The largest absolute Gasteiger partial charge is 0.468 e. The Morgan fingerprint density at radius 2 is 1.89 bits per heavy atom. The summed E-state index contributed by atoms with van der Waals surface area (Å²) >= 11 is 0. The minimum atomic E-state index is 0. The topological polar surface area (TPSA) is 104 Å². The first-order valence-corrected chi connectivity index (χ1v) is 2.04. The lowest BCUT2D eigenvalue weighted by molar-refractivity contribution is -0.128. The van der Waals surface area contributed by atoms with Crippen molar-refractivity contribution >= 4 is 12.9 Å². The van der Waals surface area contributed by atoms with E-state index in [4.69, 9.17) is 4.79 Å². The molecule has 0 aliphatic carbocycles. The van der Waals surface area contributed by atoms with E-state index in [0.717, 1.165) is 0 Å². The number of hydrogen-bond acceptors (Lipinski definition) is 4. The van der Waals surface area contributed by atoms with E-state index in [1.165, 1.54) is 0 Å². The van der Waals surface area contributed by atoms with Crippen molar-refractivity contribution in [2.75, 3.05) is 6.61 Å². The lowest BCUT2D eigenvalue weighted by Gasteiger charge is -1.79. The molecular formula is C4H12N2O3. The quantitative estimate of drug-likeness (QED) is 0.496. The van der Waals surface area contributed by atoms with Crippen LogP contribution in [0, 0.1) is 0 Å². The van der Waals surface area contributed by atoms with Gasteiger partial charge in [-0.05, 0) is 6.92 Å². The summed E-state index contributed by atoms with van der Waals surface area (Å²) in [6.07, 6.45) is 0.250. The average Bonchev–Trinajstić information content (AvgIpc) is 1.71. The molecular weight excluding hydrogens is 124 g/mol. The van der Waals surface area contributed by atoms with Crippen molar-refractivity contribution in [2.45, 2.75) is 6.92 Å². The monoisotopic (exact) mass is 136 g/mol. The van der Waals surface area contributed by atoms with Gasteiger partial charge in [0.2, 0.25) is 6.41 Å². The van der Waals surface area contributed by atoms with Gasteiger partial charge in [0.15, 0.2) is 0 Å². The number of carbonyl (C=O) groups excluding carboxylic acids is 2. The van der Waals surface area contributed by atoms with E-state index >= 15 is 0 Å². The Bertz CT molecular complexity index is 57.8. The van der Waals surface area contributed by atoms with Crippen LogP contribution >= 0.6 is 0 Å². The second-order valence-corrected chi connectivity index (χ2v) is 0.688. The molecule has 5 N–H and O–H groups in total. The fraction of sp³-hybridized carbons (Fsp3) is 0.500. The number of rotatable bonds is 2. The van der Waals surface area contributed by atoms with E-state index in [-0.39, 0.29) is 12.6 Å². The fourth-order valence-corrected chi connectivity index (χ4v) is 0.0680. The summed E-state index contributed by atoms with van der Waals surface area (Å²) in [6.45, 7) is 2.66. The summed E-state index contributed by atoms with van der Waals surface area (Å²) in [6, 6.07) is 0. The van der Waals surface area contributed by atoms with Gasteiger partial charge in [0.25, 0.3) is 6.47 Å². The molecule has 0 saturated heterocycles. The highest BCUT2D eigenvalue weighted by Gasteiger charge is 1.60. The normalized spacial score (nSPS) is 5.00. The van der Waals surface area contributed by atoms with E-state index in [0.29, 0.717) is 13.1 Å². The molecule has 9 heavy (non-hydrogen) atoms. The van der Waals surface area contributed by atoms with Gasteiger partial charge in [-0.25, -0.2) is 0 Å². The van der Waals surface area contributed by atoms with Gasteiger partial charge >= 0.3 is 0 Å². The minimum Gasteiger partial charge on any atom is -0.468 e. The number of carbonyl (C=O) groups is 2. The fourth-order valence-electron chi connectivity index (χ4n) is 0.0680. The van der Waals surface area contributed by atoms with Crippen LogP contribution in [-0.4, -0.2) is 19.5 Å². The zero-order valence-electron chi connectivity index (χ0n) is 5.37. The molecule has 0 atom stereocenters. The molecule has 0 saturated carbocycles. The van der Waals surface area contributed by atoms with Crippen molar-refractivity contribution in [3.63, 3.8) is 0 Å². The molecule has 0 spiro atoms. The first kappa shape index (κ1) is 15.7. The summed E-state index contributed by atoms with van der Waals surface area (Å²) in [7, 11) is 0. The third-order valence-electron chi connectivity index (χ3n) is 0.235. The molecule has 1 amide bonds. The van der Waals surface area contributed by atoms with Gasteiger partial charge in [-0.15, -0.1) is 0 Å². The SMILES string of the molecule is CCOC=O.N.NC=O. The lowest BCUT2D eigenvalue weighted by atomic mass is 10.9. The molecule has 0 aromatic carbocycles. The maximum Gasteiger partial charge on any atom is 0.293 e. The van der Waals surface area contributed by atoms with E-state index in [2.05, 4.69) is 10.5 Å².